The van der Waals surface area contributed by atoms with Crippen LogP contribution in [0.5, 0.6) is 0 Å². The van der Waals surface area contributed by atoms with Gasteiger partial charge in [-0.05, 0) is 42.3 Å². The number of aromatic nitrogens is 3. The number of ether oxygens (including phenoxy) is 1. The van der Waals surface area contributed by atoms with Crippen LogP contribution in [0.2, 0.25) is 0 Å². The first-order chi connectivity index (χ1) is 14.1. The Morgan fingerprint density at radius 3 is 2.79 bits per heavy atom. The Bertz CT molecular complexity index is 1040. The van der Waals surface area contributed by atoms with Gasteiger partial charge in [0.2, 0.25) is 0 Å². The van der Waals surface area contributed by atoms with Crippen molar-refractivity contribution in [2.45, 2.75) is 13.0 Å². The van der Waals surface area contributed by atoms with Crippen LogP contribution in [0.4, 0.5) is 20.7 Å². The Balaban J connectivity index is 1.43. The quantitative estimate of drug-likeness (QED) is 0.693. The largest absolute Gasteiger partial charge is 0.447 e. The maximum atomic E-state index is 14.2. The van der Waals surface area contributed by atoms with Crippen LogP contribution in [0.1, 0.15) is 15.9 Å². The van der Waals surface area contributed by atoms with Gasteiger partial charge < -0.3 is 10.1 Å². The van der Waals surface area contributed by atoms with Gasteiger partial charge >= 0.3 is 6.09 Å². The molecule has 0 aliphatic carbocycles. The molecule has 1 fully saturated rings. The number of nitrogens with one attached hydrogen (secondary N) is 1. The fourth-order valence-corrected chi connectivity index (χ4v) is 3.01. The SMILES string of the molecule is O=C(Nc1ccn(CCc2ccncc2)n1)c1cc(N2CCOC2=O)ccc1F. The van der Waals surface area contributed by atoms with Crippen molar-refractivity contribution >= 4 is 23.5 Å². The second kappa shape index (κ2) is 8.09. The molecule has 1 aliphatic heterocycles. The van der Waals surface area contributed by atoms with Crippen LogP contribution in [0, 0.1) is 5.82 Å². The van der Waals surface area contributed by atoms with Crippen LogP contribution in [0.25, 0.3) is 0 Å². The first-order valence-electron chi connectivity index (χ1n) is 9.08. The van der Waals surface area contributed by atoms with E-state index in [0.717, 1.165) is 18.1 Å². The van der Waals surface area contributed by atoms with Crippen molar-refractivity contribution in [3.8, 4) is 0 Å². The lowest BCUT2D eigenvalue weighted by molar-refractivity contribution is 0.102. The normalized spacial score (nSPS) is 13.4. The molecule has 4 rings (SSSR count). The first kappa shape index (κ1) is 18.6. The van der Waals surface area contributed by atoms with Crippen molar-refractivity contribution in [3.05, 3.63) is 71.9 Å². The predicted octanol–water partition coefficient (Wildman–Crippen LogP) is 2.87. The highest BCUT2D eigenvalue weighted by atomic mass is 19.1. The molecule has 8 nitrogen and oxygen atoms in total. The number of hydrogen-bond acceptors (Lipinski definition) is 5. The van der Waals surface area contributed by atoms with Crippen molar-refractivity contribution in [2.75, 3.05) is 23.4 Å². The monoisotopic (exact) mass is 395 g/mol. The molecule has 3 aromatic rings. The molecular weight excluding hydrogens is 377 g/mol. The van der Waals surface area contributed by atoms with Gasteiger partial charge in [-0.25, -0.2) is 9.18 Å². The van der Waals surface area contributed by atoms with E-state index in [1.165, 1.54) is 17.0 Å². The molecule has 1 aliphatic rings. The third-order valence-electron chi connectivity index (χ3n) is 4.53. The maximum absolute atomic E-state index is 14.2. The number of aryl methyl sites for hydroxylation is 2. The molecule has 0 unspecified atom stereocenters. The van der Waals surface area contributed by atoms with Gasteiger partial charge in [-0.2, -0.15) is 5.10 Å². The fraction of sp³-hybridized carbons (Fsp3) is 0.200. The number of nitrogens with zero attached hydrogens (tertiary/aromatic N) is 4. The summed E-state index contributed by atoms with van der Waals surface area (Å²) < 4.78 is 20.8. The number of amides is 2. The molecule has 2 amide bonds. The minimum atomic E-state index is -0.684. The van der Waals surface area contributed by atoms with E-state index in [1.807, 2.05) is 12.1 Å². The molecule has 148 valence electrons. The highest BCUT2D eigenvalue weighted by Crippen LogP contribution is 2.22. The number of hydrogen-bond donors (Lipinski definition) is 1. The smallest absolute Gasteiger partial charge is 0.414 e. The van der Waals surface area contributed by atoms with E-state index in [2.05, 4.69) is 15.4 Å². The van der Waals surface area contributed by atoms with Gasteiger partial charge in [-0.3, -0.25) is 19.4 Å². The van der Waals surface area contributed by atoms with Gasteiger partial charge in [-0.15, -0.1) is 0 Å². The summed E-state index contributed by atoms with van der Waals surface area (Å²) in [6, 6.07) is 9.42. The van der Waals surface area contributed by atoms with Crippen LogP contribution < -0.4 is 10.2 Å². The van der Waals surface area contributed by atoms with Gasteiger partial charge in [0.05, 0.1) is 12.1 Å². The Labute approximate surface area is 165 Å². The third-order valence-corrected chi connectivity index (χ3v) is 4.53. The third kappa shape index (κ3) is 4.23. The van der Waals surface area contributed by atoms with E-state index in [0.29, 0.717) is 24.6 Å². The number of rotatable bonds is 6. The van der Waals surface area contributed by atoms with E-state index < -0.39 is 17.8 Å². The lowest BCUT2D eigenvalue weighted by Gasteiger charge is -2.14. The van der Waals surface area contributed by atoms with Crippen molar-refractivity contribution in [1.82, 2.24) is 14.8 Å². The zero-order valence-corrected chi connectivity index (χ0v) is 15.4. The maximum Gasteiger partial charge on any atom is 0.414 e. The lowest BCUT2D eigenvalue weighted by Crippen LogP contribution is -2.24. The van der Waals surface area contributed by atoms with Crippen LogP contribution in [0.15, 0.2) is 55.0 Å². The molecule has 9 heteroatoms. The summed E-state index contributed by atoms with van der Waals surface area (Å²) in [5, 5.41) is 6.89. The average molecular weight is 395 g/mol. The van der Waals surface area contributed by atoms with Crippen LogP contribution in [-0.4, -0.2) is 39.9 Å². The predicted molar refractivity (Wildman–Crippen MR) is 103 cm³/mol. The minimum absolute atomic E-state index is 0.173. The summed E-state index contributed by atoms with van der Waals surface area (Å²) >= 11 is 0. The molecule has 0 bridgehead atoms. The summed E-state index contributed by atoms with van der Waals surface area (Å²) in [6.45, 7) is 1.24. The second-order valence-electron chi connectivity index (χ2n) is 6.45. The molecule has 0 radical (unpaired) electrons. The highest BCUT2D eigenvalue weighted by Gasteiger charge is 2.25. The van der Waals surface area contributed by atoms with E-state index in [4.69, 9.17) is 4.74 Å². The van der Waals surface area contributed by atoms with Gasteiger partial charge in [0.15, 0.2) is 5.82 Å². The van der Waals surface area contributed by atoms with Crippen molar-refractivity contribution in [3.63, 3.8) is 0 Å². The average Bonchev–Trinajstić information content (AvgIpc) is 3.36. The number of cyclic esters (lactones) is 1. The van der Waals surface area contributed by atoms with E-state index >= 15 is 0 Å². The summed E-state index contributed by atoms with van der Waals surface area (Å²) in [4.78, 5) is 29.6. The number of carbonyl (C=O) groups is 2. The van der Waals surface area contributed by atoms with Gasteiger partial charge in [0.1, 0.15) is 12.4 Å². The molecule has 0 saturated carbocycles. The minimum Gasteiger partial charge on any atom is -0.447 e. The van der Waals surface area contributed by atoms with Crippen molar-refractivity contribution in [2.24, 2.45) is 0 Å². The van der Waals surface area contributed by atoms with Gasteiger partial charge in [0.25, 0.3) is 5.91 Å². The molecule has 1 saturated heterocycles. The summed E-state index contributed by atoms with van der Waals surface area (Å²) in [6.07, 6.45) is 5.45. The van der Waals surface area contributed by atoms with Crippen LogP contribution >= 0.6 is 0 Å². The molecule has 1 aromatic carbocycles. The van der Waals surface area contributed by atoms with Crippen molar-refractivity contribution < 1.29 is 18.7 Å². The fourth-order valence-electron chi connectivity index (χ4n) is 3.01. The Hall–Kier alpha value is -3.75. The number of anilines is 2. The number of carbonyl (C=O) groups excluding carboxylic acids is 2. The van der Waals surface area contributed by atoms with E-state index in [9.17, 15) is 14.0 Å². The summed E-state index contributed by atoms with van der Waals surface area (Å²) in [7, 11) is 0. The van der Waals surface area contributed by atoms with Gasteiger partial charge in [-0.1, -0.05) is 0 Å². The van der Waals surface area contributed by atoms with E-state index in [1.54, 1.807) is 29.3 Å². The second-order valence-corrected chi connectivity index (χ2v) is 6.45. The Morgan fingerprint density at radius 1 is 1.21 bits per heavy atom. The summed E-state index contributed by atoms with van der Waals surface area (Å²) in [5.74, 6) is -1.01. The zero-order chi connectivity index (χ0) is 20.2. The first-order valence-corrected chi connectivity index (χ1v) is 9.08. The number of pyridine rings is 1. The lowest BCUT2D eigenvalue weighted by atomic mass is 10.1. The summed E-state index contributed by atoms with van der Waals surface area (Å²) in [5.41, 5.74) is 1.36. The standard InChI is InChI=1S/C20H18FN5O3/c21-17-2-1-15(26-11-12-29-20(26)28)13-16(17)19(27)23-18-6-10-25(24-18)9-5-14-3-7-22-8-4-14/h1-4,6-8,10,13H,5,9,11-12H2,(H,23,24,27). The van der Waals surface area contributed by atoms with Gasteiger partial charge in [0, 0.05) is 36.9 Å². The van der Waals surface area contributed by atoms with Crippen molar-refractivity contribution in [1.29, 1.82) is 0 Å². The molecule has 3 heterocycles. The topological polar surface area (TPSA) is 89.3 Å². The number of halogens is 1. The molecule has 29 heavy (non-hydrogen) atoms. The molecule has 1 N–H and O–H groups in total. The van der Waals surface area contributed by atoms with E-state index in [-0.39, 0.29) is 12.2 Å². The Morgan fingerprint density at radius 2 is 2.03 bits per heavy atom. The Kier molecular flexibility index (Phi) is 5.19. The molecular formula is C20H18FN5O3. The molecule has 2 aromatic heterocycles. The molecule has 0 spiro atoms. The van der Waals surface area contributed by atoms with Crippen LogP contribution in [-0.2, 0) is 17.7 Å². The molecule has 0 atom stereocenters. The number of benzene rings is 1. The zero-order valence-electron chi connectivity index (χ0n) is 15.4. The highest BCUT2D eigenvalue weighted by molar-refractivity contribution is 6.05. The van der Waals surface area contributed by atoms with Crippen LogP contribution in [0.3, 0.4) is 0 Å².